The van der Waals surface area contributed by atoms with Crippen molar-refractivity contribution < 1.29 is 19.4 Å². The van der Waals surface area contributed by atoms with E-state index in [-0.39, 0.29) is 17.2 Å². The number of hydrogen-bond acceptors (Lipinski definition) is 4. The predicted molar refractivity (Wildman–Crippen MR) is 83.9 cm³/mol. The summed E-state index contributed by atoms with van der Waals surface area (Å²) in [6, 6.07) is 4.25. The Morgan fingerprint density at radius 1 is 1.41 bits per heavy atom. The number of aliphatic hydroxyl groups excluding tert-OH is 1. The van der Waals surface area contributed by atoms with Gasteiger partial charge in [-0.15, -0.1) is 0 Å². The summed E-state index contributed by atoms with van der Waals surface area (Å²) in [6.45, 7) is 5.00. The van der Waals surface area contributed by atoms with Crippen LogP contribution in [0.3, 0.4) is 0 Å². The van der Waals surface area contributed by atoms with E-state index in [2.05, 4.69) is 5.32 Å². The number of carbonyl (C=O) groups excluding carboxylic acids is 2. The maximum atomic E-state index is 11.7. The molecule has 0 saturated heterocycles. The Morgan fingerprint density at radius 3 is 2.50 bits per heavy atom. The quantitative estimate of drug-likeness (QED) is 0.767. The SMILES string of the molecule is CC(C)(C)OC(=O)N[C@H](CO)Cc1ccc(C(N)=O)c(Cl)c1. The molecule has 122 valence electrons. The number of benzene rings is 1. The topological polar surface area (TPSA) is 102 Å². The number of primary amides is 1. The number of rotatable bonds is 5. The molecule has 0 bridgehead atoms. The first-order valence-electron chi connectivity index (χ1n) is 6.81. The molecule has 0 aliphatic carbocycles. The Kier molecular flexibility index (Phi) is 6.20. The molecule has 6 nitrogen and oxygen atoms in total. The van der Waals surface area contributed by atoms with Gasteiger partial charge in [0, 0.05) is 0 Å². The molecule has 7 heteroatoms. The van der Waals surface area contributed by atoms with Gasteiger partial charge in [0.15, 0.2) is 0 Å². The number of ether oxygens (including phenoxy) is 1. The summed E-state index contributed by atoms with van der Waals surface area (Å²) >= 11 is 5.97. The third-order valence-corrected chi connectivity index (χ3v) is 3.04. The summed E-state index contributed by atoms with van der Waals surface area (Å²) in [5.41, 5.74) is 5.55. The summed E-state index contributed by atoms with van der Waals surface area (Å²) in [6.07, 6.45) is -0.263. The lowest BCUT2D eigenvalue weighted by molar-refractivity contribution is 0.0482. The molecular formula is C15H21ClN2O4. The molecule has 1 rings (SSSR count). The van der Waals surface area contributed by atoms with Gasteiger partial charge in [0.2, 0.25) is 5.91 Å². The normalized spacial score (nSPS) is 12.6. The van der Waals surface area contributed by atoms with Gasteiger partial charge in [0.05, 0.1) is 23.2 Å². The minimum atomic E-state index is -0.615. The van der Waals surface area contributed by atoms with Crippen molar-refractivity contribution in [2.24, 2.45) is 5.73 Å². The first kappa shape index (κ1) is 18.3. The molecule has 0 fully saturated rings. The number of halogens is 1. The van der Waals surface area contributed by atoms with Crippen LogP contribution in [-0.2, 0) is 11.2 Å². The Labute approximate surface area is 134 Å². The van der Waals surface area contributed by atoms with Crippen molar-refractivity contribution >= 4 is 23.6 Å². The number of nitrogens with one attached hydrogen (secondary N) is 1. The summed E-state index contributed by atoms with van der Waals surface area (Å²) in [4.78, 5) is 22.8. The van der Waals surface area contributed by atoms with E-state index in [0.717, 1.165) is 5.56 Å². The molecule has 0 aliphatic rings. The highest BCUT2D eigenvalue weighted by atomic mass is 35.5. The average Bonchev–Trinajstić information content (AvgIpc) is 2.35. The van der Waals surface area contributed by atoms with Crippen LogP contribution < -0.4 is 11.1 Å². The smallest absolute Gasteiger partial charge is 0.407 e. The summed E-state index contributed by atoms with van der Waals surface area (Å²) < 4.78 is 5.13. The summed E-state index contributed by atoms with van der Waals surface area (Å²) in [5, 5.41) is 12.2. The van der Waals surface area contributed by atoms with E-state index in [4.69, 9.17) is 22.1 Å². The van der Waals surface area contributed by atoms with E-state index < -0.39 is 23.6 Å². The fourth-order valence-corrected chi connectivity index (χ4v) is 2.10. The molecule has 0 unspecified atom stereocenters. The largest absolute Gasteiger partial charge is 0.444 e. The van der Waals surface area contributed by atoms with E-state index in [1.807, 2.05) is 0 Å². The van der Waals surface area contributed by atoms with Crippen molar-refractivity contribution in [1.82, 2.24) is 5.32 Å². The highest BCUT2D eigenvalue weighted by Crippen LogP contribution is 2.18. The first-order chi connectivity index (χ1) is 10.1. The Bertz CT molecular complexity index is 555. The molecule has 1 aromatic carbocycles. The number of nitrogens with two attached hydrogens (primary N) is 1. The average molecular weight is 329 g/mol. The highest BCUT2D eigenvalue weighted by Gasteiger charge is 2.19. The zero-order valence-corrected chi connectivity index (χ0v) is 13.6. The molecule has 1 aromatic rings. The lowest BCUT2D eigenvalue weighted by Crippen LogP contribution is -2.42. The van der Waals surface area contributed by atoms with E-state index in [1.165, 1.54) is 6.07 Å². The Hall–Kier alpha value is -1.79. The Morgan fingerprint density at radius 2 is 2.05 bits per heavy atom. The van der Waals surface area contributed by atoms with E-state index >= 15 is 0 Å². The van der Waals surface area contributed by atoms with Crippen molar-refractivity contribution in [2.75, 3.05) is 6.61 Å². The molecule has 0 aromatic heterocycles. The monoisotopic (exact) mass is 328 g/mol. The molecule has 4 N–H and O–H groups in total. The van der Waals surface area contributed by atoms with Crippen LogP contribution in [0, 0.1) is 0 Å². The van der Waals surface area contributed by atoms with Gasteiger partial charge in [-0.3, -0.25) is 4.79 Å². The Balaban J connectivity index is 2.72. The molecule has 0 saturated carbocycles. The highest BCUT2D eigenvalue weighted by molar-refractivity contribution is 6.33. The summed E-state index contributed by atoms with van der Waals surface area (Å²) in [5.74, 6) is -0.609. The van der Waals surface area contributed by atoms with Gasteiger partial charge in [-0.25, -0.2) is 4.79 Å². The van der Waals surface area contributed by atoms with E-state index in [0.29, 0.717) is 6.42 Å². The van der Waals surface area contributed by atoms with Crippen LogP contribution in [0.5, 0.6) is 0 Å². The molecule has 22 heavy (non-hydrogen) atoms. The van der Waals surface area contributed by atoms with Crippen molar-refractivity contribution in [1.29, 1.82) is 0 Å². The lowest BCUT2D eigenvalue weighted by atomic mass is 10.0. The fourth-order valence-electron chi connectivity index (χ4n) is 1.81. The van der Waals surface area contributed by atoms with Gasteiger partial charge in [0.1, 0.15) is 5.60 Å². The van der Waals surface area contributed by atoms with E-state index in [1.54, 1.807) is 32.9 Å². The van der Waals surface area contributed by atoms with Crippen molar-refractivity contribution in [2.45, 2.75) is 38.8 Å². The van der Waals surface area contributed by atoms with Crippen molar-refractivity contribution in [3.63, 3.8) is 0 Å². The molecular weight excluding hydrogens is 308 g/mol. The number of carbonyl (C=O) groups is 2. The van der Waals surface area contributed by atoms with Crippen molar-refractivity contribution in [3.05, 3.63) is 34.3 Å². The van der Waals surface area contributed by atoms with Gasteiger partial charge in [-0.2, -0.15) is 0 Å². The van der Waals surface area contributed by atoms with Crippen LogP contribution in [-0.4, -0.2) is 35.4 Å². The second-order valence-corrected chi connectivity index (χ2v) is 6.32. The predicted octanol–water partition coefficient (Wildman–Crippen LogP) is 1.87. The molecule has 0 heterocycles. The molecule has 2 amide bonds. The molecule has 0 aliphatic heterocycles. The van der Waals surface area contributed by atoms with Gasteiger partial charge < -0.3 is 20.9 Å². The van der Waals surface area contributed by atoms with Gasteiger partial charge >= 0.3 is 6.09 Å². The molecule has 0 radical (unpaired) electrons. The van der Waals surface area contributed by atoms with Crippen LogP contribution in [0.15, 0.2) is 18.2 Å². The molecule has 1 atom stereocenters. The third kappa shape index (κ3) is 5.91. The minimum Gasteiger partial charge on any atom is -0.444 e. The third-order valence-electron chi connectivity index (χ3n) is 2.72. The number of hydrogen-bond donors (Lipinski definition) is 3. The van der Waals surface area contributed by atoms with Crippen LogP contribution in [0.1, 0.15) is 36.7 Å². The zero-order valence-electron chi connectivity index (χ0n) is 12.9. The van der Waals surface area contributed by atoms with Crippen LogP contribution in [0.4, 0.5) is 4.79 Å². The standard InChI is InChI=1S/C15H21ClN2O4/c1-15(2,3)22-14(21)18-10(8-19)6-9-4-5-11(13(17)20)12(16)7-9/h4-5,7,10,19H,6,8H2,1-3H3,(H2,17,20)(H,18,21)/t10-/m0/s1. The zero-order chi connectivity index (χ0) is 16.9. The summed E-state index contributed by atoms with van der Waals surface area (Å²) in [7, 11) is 0. The lowest BCUT2D eigenvalue weighted by Gasteiger charge is -2.23. The van der Waals surface area contributed by atoms with Crippen LogP contribution in [0.2, 0.25) is 5.02 Å². The van der Waals surface area contributed by atoms with E-state index in [9.17, 15) is 14.7 Å². The first-order valence-corrected chi connectivity index (χ1v) is 7.19. The van der Waals surface area contributed by atoms with Gasteiger partial charge in [-0.05, 0) is 44.9 Å². The minimum absolute atomic E-state index is 0.228. The van der Waals surface area contributed by atoms with Crippen LogP contribution in [0.25, 0.3) is 0 Å². The van der Waals surface area contributed by atoms with Gasteiger partial charge in [0.25, 0.3) is 0 Å². The maximum Gasteiger partial charge on any atom is 0.407 e. The van der Waals surface area contributed by atoms with Gasteiger partial charge in [-0.1, -0.05) is 17.7 Å². The maximum absolute atomic E-state index is 11.7. The number of amides is 2. The second kappa shape index (κ2) is 7.47. The second-order valence-electron chi connectivity index (χ2n) is 5.91. The fraction of sp³-hybridized carbons (Fsp3) is 0.467. The molecule has 0 spiro atoms. The number of aliphatic hydroxyl groups is 1. The van der Waals surface area contributed by atoms with Crippen LogP contribution >= 0.6 is 11.6 Å². The van der Waals surface area contributed by atoms with Crippen molar-refractivity contribution in [3.8, 4) is 0 Å². The number of alkyl carbamates (subject to hydrolysis) is 1.